The largest absolute Gasteiger partial charge is 0.354 e. The number of hydrogen-bond donors (Lipinski definition) is 1. The number of halogens is 2. The Bertz CT molecular complexity index is 1560. The van der Waals surface area contributed by atoms with E-state index in [1.807, 2.05) is 66.1 Å². The highest BCUT2D eigenvalue weighted by atomic mass is 35.5. The third-order valence-corrected chi connectivity index (χ3v) is 10.3. The van der Waals surface area contributed by atoms with E-state index in [4.69, 9.17) is 28.6 Å². The number of carbonyl (C=O) groups excluding carboxylic acids is 2. The second-order valence-corrected chi connectivity index (χ2v) is 13.6. The summed E-state index contributed by atoms with van der Waals surface area (Å²) < 4.78 is 0. The lowest BCUT2D eigenvalue weighted by Gasteiger charge is -2.52. The fourth-order valence-electron chi connectivity index (χ4n) is 7.35. The first kappa shape index (κ1) is 31.6. The van der Waals surface area contributed by atoms with Crippen LogP contribution in [0.25, 0.3) is 0 Å². The van der Waals surface area contributed by atoms with Gasteiger partial charge in [-0.15, -0.1) is 0 Å². The Morgan fingerprint density at radius 3 is 2.24 bits per heavy atom. The Morgan fingerprint density at radius 1 is 0.822 bits per heavy atom. The standard InChI is InChI=1S/C36H41Cl2N5O2/c1-24-16-25(2)18-28(17-24)36(45)41-14-15-42(33(23-41)27-8-11-31(37)32(38)20-27)35(44)12-13-40-21-30-10-9-29(40)22-43(30)34(39)19-26-6-4-3-5-7-26/h3-8,11,16-18,20,29-30,33,39H,9-10,12-15,19,21-23H2,1-2H3. The Kier molecular flexibility index (Phi) is 9.50. The van der Waals surface area contributed by atoms with E-state index in [9.17, 15) is 9.59 Å². The number of aryl methyl sites for hydroxylation is 2. The van der Waals surface area contributed by atoms with Crippen LogP contribution in [0, 0.1) is 19.3 Å². The third kappa shape index (κ3) is 7.06. The van der Waals surface area contributed by atoms with Crippen molar-refractivity contribution >= 4 is 40.9 Å². The van der Waals surface area contributed by atoms with Crippen molar-refractivity contribution in [3.63, 3.8) is 0 Å². The minimum Gasteiger partial charge on any atom is -0.354 e. The summed E-state index contributed by atoms with van der Waals surface area (Å²) in [6.07, 6.45) is 3.24. The predicted molar refractivity (Wildman–Crippen MR) is 180 cm³/mol. The number of piperazine rings is 2. The number of carbonyl (C=O) groups is 2. The zero-order valence-corrected chi connectivity index (χ0v) is 27.5. The maximum atomic E-state index is 13.9. The van der Waals surface area contributed by atoms with Gasteiger partial charge in [0, 0.05) is 69.8 Å². The molecule has 45 heavy (non-hydrogen) atoms. The monoisotopic (exact) mass is 645 g/mol. The summed E-state index contributed by atoms with van der Waals surface area (Å²) in [5, 5.41) is 9.70. The Labute approximate surface area is 276 Å². The van der Waals surface area contributed by atoms with Gasteiger partial charge in [-0.1, -0.05) is 76.8 Å². The first-order valence-corrected chi connectivity index (χ1v) is 16.7. The van der Waals surface area contributed by atoms with E-state index in [-0.39, 0.29) is 17.9 Å². The number of benzene rings is 3. The van der Waals surface area contributed by atoms with Gasteiger partial charge in [0.2, 0.25) is 5.91 Å². The molecule has 2 bridgehead atoms. The minimum atomic E-state index is -0.317. The summed E-state index contributed by atoms with van der Waals surface area (Å²) >= 11 is 12.7. The zero-order chi connectivity index (χ0) is 31.7. The smallest absolute Gasteiger partial charge is 0.254 e. The lowest BCUT2D eigenvalue weighted by molar-refractivity contribution is -0.136. The Morgan fingerprint density at radius 2 is 1.56 bits per heavy atom. The average molecular weight is 647 g/mol. The van der Waals surface area contributed by atoms with E-state index >= 15 is 0 Å². The van der Waals surface area contributed by atoms with Crippen molar-refractivity contribution < 1.29 is 9.59 Å². The summed E-state index contributed by atoms with van der Waals surface area (Å²) in [5.74, 6) is 0.745. The maximum absolute atomic E-state index is 13.9. The van der Waals surface area contributed by atoms with Crippen LogP contribution < -0.4 is 0 Å². The average Bonchev–Trinajstić information content (AvgIpc) is 3.04. The molecular formula is C36H41Cl2N5O2. The van der Waals surface area contributed by atoms with Crippen LogP contribution in [-0.2, 0) is 11.2 Å². The van der Waals surface area contributed by atoms with Gasteiger partial charge in [0.1, 0.15) is 5.84 Å². The molecule has 3 aromatic carbocycles. The highest BCUT2D eigenvalue weighted by Crippen LogP contribution is 2.33. The van der Waals surface area contributed by atoms with E-state index in [0.717, 1.165) is 42.6 Å². The number of fused-ring (bicyclic) bond motifs is 3. The van der Waals surface area contributed by atoms with Crippen molar-refractivity contribution in [1.82, 2.24) is 19.6 Å². The number of amidine groups is 1. The number of rotatable bonds is 7. The molecule has 0 aliphatic carbocycles. The van der Waals surface area contributed by atoms with Crippen molar-refractivity contribution in [2.45, 2.75) is 57.7 Å². The summed E-state index contributed by atoms with van der Waals surface area (Å²) in [5.41, 5.74) is 4.82. The van der Waals surface area contributed by atoms with Crippen molar-refractivity contribution in [2.75, 3.05) is 39.3 Å². The highest BCUT2D eigenvalue weighted by molar-refractivity contribution is 6.42. The van der Waals surface area contributed by atoms with E-state index < -0.39 is 0 Å². The zero-order valence-electron chi connectivity index (χ0n) is 26.0. The van der Waals surface area contributed by atoms with Crippen molar-refractivity contribution in [3.8, 4) is 0 Å². The number of piperidine rings is 2. The second-order valence-electron chi connectivity index (χ2n) is 12.8. The molecule has 7 nitrogen and oxygen atoms in total. The third-order valence-electron chi connectivity index (χ3n) is 9.60. The lowest BCUT2D eigenvalue weighted by atomic mass is 9.90. The Hall–Kier alpha value is -3.39. The maximum Gasteiger partial charge on any atom is 0.254 e. The van der Waals surface area contributed by atoms with Crippen molar-refractivity contribution in [3.05, 3.63) is 105 Å². The first-order chi connectivity index (χ1) is 21.7. The van der Waals surface area contributed by atoms with Gasteiger partial charge in [-0.3, -0.25) is 19.9 Å². The number of amides is 2. The summed E-state index contributed by atoms with van der Waals surface area (Å²) in [6.45, 7) is 7.73. The molecule has 3 unspecified atom stereocenters. The van der Waals surface area contributed by atoms with Crippen molar-refractivity contribution in [2.24, 2.45) is 0 Å². The van der Waals surface area contributed by atoms with Crippen LogP contribution in [0.3, 0.4) is 0 Å². The van der Waals surface area contributed by atoms with Gasteiger partial charge in [0.15, 0.2) is 0 Å². The second kappa shape index (κ2) is 13.5. The molecule has 4 heterocycles. The van der Waals surface area contributed by atoms with E-state index in [0.29, 0.717) is 72.5 Å². The Balaban J connectivity index is 1.12. The van der Waals surface area contributed by atoms with Gasteiger partial charge >= 0.3 is 0 Å². The topological polar surface area (TPSA) is 71.0 Å². The molecule has 0 saturated carbocycles. The van der Waals surface area contributed by atoms with E-state index in [1.54, 1.807) is 6.07 Å². The van der Waals surface area contributed by atoms with Gasteiger partial charge < -0.3 is 14.7 Å². The van der Waals surface area contributed by atoms with Crippen LogP contribution in [0.2, 0.25) is 10.0 Å². The molecule has 9 heteroatoms. The normalized spacial score (nSPS) is 21.7. The van der Waals surface area contributed by atoms with Crippen LogP contribution >= 0.6 is 23.2 Å². The van der Waals surface area contributed by atoms with Crippen molar-refractivity contribution in [1.29, 1.82) is 5.41 Å². The molecule has 1 N–H and O–H groups in total. The van der Waals surface area contributed by atoms with Gasteiger partial charge in [0.05, 0.1) is 16.1 Å². The SMILES string of the molecule is Cc1cc(C)cc(C(=O)N2CCN(C(=O)CCN3CC4CCC3CN4C(=N)Cc3ccccc3)C(c3ccc(Cl)c(Cl)c3)C2)c1. The molecule has 2 amide bonds. The van der Waals surface area contributed by atoms with Crippen LogP contribution in [0.1, 0.15) is 57.9 Å². The van der Waals surface area contributed by atoms with Gasteiger partial charge in [0.25, 0.3) is 5.91 Å². The molecular weight excluding hydrogens is 605 g/mol. The molecule has 0 radical (unpaired) electrons. The van der Waals surface area contributed by atoms with Gasteiger partial charge in [-0.05, 0) is 62.1 Å². The van der Waals surface area contributed by atoms with E-state index in [1.165, 1.54) is 5.56 Å². The summed E-state index contributed by atoms with van der Waals surface area (Å²) in [4.78, 5) is 36.0. The van der Waals surface area contributed by atoms with Crippen LogP contribution in [0.5, 0.6) is 0 Å². The van der Waals surface area contributed by atoms with Gasteiger partial charge in [-0.25, -0.2) is 0 Å². The molecule has 4 saturated heterocycles. The number of hydrogen-bond acceptors (Lipinski definition) is 4. The molecule has 3 atom stereocenters. The summed E-state index contributed by atoms with van der Waals surface area (Å²) in [6, 6.07) is 22.0. The lowest BCUT2D eigenvalue weighted by Crippen LogP contribution is -2.64. The first-order valence-electron chi connectivity index (χ1n) is 15.9. The molecule has 4 fully saturated rings. The molecule has 4 aliphatic heterocycles. The molecule has 0 aromatic heterocycles. The molecule has 4 aliphatic rings. The van der Waals surface area contributed by atoms with Crippen LogP contribution in [0.15, 0.2) is 66.7 Å². The minimum absolute atomic E-state index is 0.0225. The quantitative estimate of drug-likeness (QED) is 0.239. The number of nitrogens with one attached hydrogen (secondary N) is 1. The highest BCUT2D eigenvalue weighted by Gasteiger charge is 2.40. The molecule has 3 aromatic rings. The predicted octanol–water partition coefficient (Wildman–Crippen LogP) is 6.39. The molecule has 0 spiro atoms. The van der Waals surface area contributed by atoms with Crippen LogP contribution in [-0.4, -0.2) is 88.6 Å². The fraction of sp³-hybridized carbons (Fsp3) is 0.417. The van der Waals surface area contributed by atoms with E-state index in [2.05, 4.69) is 28.0 Å². The number of nitrogens with zero attached hydrogens (tertiary/aromatic N) is 4. The summed E-state index contributed by atoms with van der Waals surface area (Å²) in [7, 11) is 0. The van der Waals surface area contributed by atoms with Crippen LogP contribution in [0.4, 0.5) is 0 Å². The van der Waals surface area contributed by atoms with Gasteiger partial charge in [-0.2, -0.15) is 0 Å². The molecule has 236 valence electrons. The molecule has 7 rings (SSSR count). The fourth-order valence-corrected chi connectivity index (χ4v) is 7.65.